The number of hydrogen-bond acceptors (Lipinski definition) is 3. The number of carbonyl (C=O) groups is 2. The maximum Gasteiger partial charge on any atom is 0.402 e. The molecular formula is C16H14ClF3N2O3. The van der Waals surface area contributed by atoms with E-state index in [1.807, 2.05) is 0 Å². The van der Waals surface area contributed by atoms with Crippen LogP contribution in [0.2, 0.25) is 5.02 Å². The summed E-state index contributed by atoms with van der Waals surface area (Å²) in [5.74, 6) is -2.20. The van der Waals surface area contributed by atoms with Gasteiger partial charge >= 0.3 is 12.1 Å². The topological polar surface area (TPSA) is 69.6 Å². The minimum atomic E-state index is -4.91. The third kappa shape index (κ3) is 2.55. The molecule has 0 radical (unpaired) electrons. The van der Waals surface area contributed by atoms with Gasteiger partial charge in [-0.1, -0.05) is 11.6 Å². The molecule has 1 amide bonds. The maximum absolute atomic E-state index is 14.3. The summed E-state index contributed by atoms with van der Waals surface area (Å²) in [4.78, 5) is 25.1. The average Bonchev–Trinajstić information content (AvgIpc) is 2.50. The Morgan fingerprint density at radius 1 is 1.44 bits per heavy atom. The minimum Gasteiger partial charge on any atom is -0.481 e. The first-order valence-corrected chi connectivity index (χ1v) is 7.80. The van der Waals surface area contributed by atoms with E-state index >= 15 is 0 Å². The Hall–Kier alpha value is -2.22. The van der Waals surface area contributed by atoms with Crippen LogP contribution in [0, 0.1) is 0 Å². The summed E-state index contributed by atoms with van der Waals surface area (Å²) in [5, 5.41) is 12.0. The zero-order chi connectivity index (χ0) is 18.6. The van der Waals surface area contributed by atoms with Gasteiger partial charge in [0.05, 0.1) is 6.42 Å². The number of alkyl halides is 3. The van der Waals surface area contributed by atoms with Gasteiger partial charge in [0.25, 0.3) is 5.91 Å². The van der Waals surface area contributed by atoms with Gasteiger partial charge in [0, 0.05) is 24.3 Å². The van der Waals surface area contributed by atoms with Gasteiger partial charge in [-0.05, 0) is 35.8 Å². The van der Waals surface area contributed by atoms with Crippen LogP contribution in [0.15, 0.2) is 29.5 Å². The van der Waals surface area contributed by atoms with E-state index in [0.717, 1.165) is 6.07 Å². The fourth-order valence-corrected chi connectivity index (χ4v) is 3.68. The van der Waals surface area contributed by atoms with Crippen molar-refractivity contribution in [3.63, 3.8) is 0 Å². The highest BCUT2D eigenvalue weighted by molar-refractivity contribution is 6.30. The molecule has 1 atom stereocenters. The Bertz CT molecular complexity index is 806. The number of hydrogen-bond donors (Lipinski definition) is 2. The largest absolute Gasteiger partial charge is 0.481 e. The van der Waals surface area contributed by atoms with E-state index in [9.17, 15) is 27.9 Å². The third-order valence-corrected chi connectivity index (χ3v) is 4.91. The Balaban J connectivity index is 2.38. The second-order valence-electron chi connectivity index (χ2n) is 6.12. The average molecular weight is 375 g/mol. The molecule has 1 aromatic carbocycles. The summed E-state index contributed by atoms with van der Waals surface area (Å²) in [6.45, 7) is 0.0761. The number of nitrogens with one attached hydrogen (secondary N) is 1. The number of carbonyl (C=O) groups excluding carboxylic acids is 1. The SMILES string of the molecule is CN1CCC2=C(Nc3ccc(Cl)cc3C2(CC(=O)O)C(F)(F)F)C1=O. The first kappa shape index (κ1) is 17.6. The van der Waals surface area contributed by atoms with E-state index in [0.29, 0.717) is 0 Å². The molecule has 0 saturated heterocycles. The van der Waals surface area contributed by atoms with Crippen molar-refractivity contribution in [1.29, 1.82) is 0 Å². The van der Waals surface area contributed by atoms with Crippen molar-refractivity contribution in [3.05, 3.63) is 40.1 Å². The molecule has 0 fully saturated rings. The van der Waals surface area contributed by atoms with E-state index in [2.05, 4.69) is 5.32 Å². The summed E-state index contributed by atoms with van der Waals surface area (Å²) in [5.41, 5.74) is -3.49. The number of fused-ring (bicyclic) bond motifs is 1. The van der Waals surface area contributed by atoms with Crippen LogP contribution in [0.25, 0.3) is 0 Å². The zero-order valence-corrected chi connectivity index (χ0v) is 13.8. The van der Waals surface area contributed by atoms with Gasteiger partial charge < -0.3 is 15.3 Å². The molecule has 0 spiro atoms. The van der Waals surface area contributed by atoms with Crippen LogP contribution in [0.4, 0.5) is 18.9 Å². The molecule has 2 N–H and O–H groups in total. The first-order chi connectivity index (χ1) is 11.6. The highest BCUT2D eigenvalue weighted by atomic mass is 35.5. The normalized spacial score (nSPS) is 23.1. The summed E-state index contributed by atoms with van der Waals surface area (Å²) < 4.78 is 42.8. The van der Waals surface area contributed by atoms with E-state index in [-0.39, 0.29) is 40.5 Å². The predicted octanol–water partition coefficient (Wildman–Crippen LogP) is 3.16. The molecule has 2 aliphatic heterocycles. The number of halogens is 4. The maximum atomic E-state index is 14.3. The monoisotopic (exact) mass is 374 g/mol. The Labute approximate surface area is 146 Å². The van der Waals surface area contributed by atoms with Crippen LogP contribution in [0.5, 0.6) is 0 Å². The van der Waals surface area contributed by atoms with E-state index in [1.165, 1.54) is 24.1 Å². The second kappa shape index (κ2) is 5.66. The molecule has 0 aliphatic carbocycles. The number of anilines is 1. The van der Waals surface area contributed by atoms with Crippen molar-refractivity contribution in [3.8, 4) is 0 Å². The zero-order valence-electron chi connectivity index (χ0n) is 13.1. The van der Waals surface area contributed by atoms with Crippen molar-refractivity contribution in [2.45, 2.75) is 24.4 Å². The van der Waals surface area contributed by atoms with Crippen molar-refractivity contribution in [2.24, 2.45) is 0 Å². The number of benzene rings is 1. The molecule has 5 nitrogen and oxygen atoms in total. The molecule has 0 bridgehead atoms. The van der Waals surface area contributed by atoms with Crippen LogP contribution in [0.1, 0.15) is 18.4 Å². The molecule has 0 aromatic heterocycles. The van der Waals surface area contributed by atoms with Crippen LogP contribution >= 0.6 is 11.6 Å². The number of amides is 1. The lowest BCUT2D eigenvalue weighted by Gasteiger charge is -2.45. The predicted molar refractivity (Wildman–Crippen MR) is 84.3 cm³/mol. The second-order valence-corrected chi connectivity index (χ2v) is 6.56. The molecule has 9 heteroatoms. The Morgan fingerprint density at radius 3 is 2.72 bits per heavy atom. The molecule has 134 valence electrons. The minimum absolute atomic E-state index is 0.0328. The van der Waals surface area contributed by atoms with Gasteiger partial charge in [-0.15, -0.1) is 0 Å². The molecular weight excluding hydrogens is 361 g/mol. The number of aliphatic carboxylic acids is 1. The Kier molecular flexibility index (Phi) is 3.98. The molecule has 1 unspecified atom stereocenters. The van der Waals surface area contributed by atoms with E-state index in [1.54, 1.807) is 0 Å². The van der Waals surface area contributed by atoms with E-state index < -0.39 is 29.9 Å². The smallest absolute Gasteiger partial charge is 0.402 e. The molecule has 3 rings (SSSR count). The van der Waals surface area contributed by atoms with Gasteiger partial charge in [0.1, 0.15) is 11.1 Å². The number of carboxylic acid groups (broad SMARTS) is 1. The van der Waals surface area contributed by atoms with Gasteiger partial charge in [0.2, 0.25) is 0 Å². The van der Waals surface area contributed by atoms with Gasteiger partial charge in [-0.3, -0.25) is 9.59 Å². The first-order valence-electron chi connectivity index (χ1n) is 7.42. The van der Waals surface area contributed by atoms with Crippen molar-refractivity contribution in [1.82, 2.24) is 4.90 Å². The Morgan fingerprint density at radius 2 is 2.12 bits per heavy atom. The third-order valence-electron chi connectivity index (χ3n) is 4.68. The highest BCUT2D eigenvalue weighted by Gasteiger charge is 2.63. The highest BCUT2D eigenvalue weighted by Crippen LogP contribution is 2.56. The molecule has 25 heavy (non-hydrogen) atoms. The lowest BCUT2D eigenvalue weighted by molar-refractivity contribution is -0.188. The van der Waals surface area contributed by atoms with Crippen LogP contribution in [-0.4, -0.2) is 41.7 Å². The van der Waals surface area contributed by atoms with Crippen LogP contribution < -0.4 is 5.32 Å². The molecule has 0 saturated carbocycles. The number of rotatable bonds is 2. The molecule has 2 heterocycles. The van der Waals surface area contributed by atoms with E-state index in [4.69, 9.17) is 11.6 Å². The summed E-state index contributed by atoms with van der Waals surface area (Å²) in [7, 11) is 1.48. The van der Waals surface area contributed by atoms with Crippen molar-refractivity contribution >= 4 is 29.2 Å². The lowest BCUT2D eigenvalue weighted by Crippen LogP contribution is -2.53. The fourth-order valence-electron chi connectivity index (χ4n) is 3.51. The van der Waals surface area contributed by atoms with Crippen molar-refractivity contribution in [2.75, 3.05) is 18.9 Å². The standard InChI is InChI=1S/C16H14ClF3N2O3/c1-22-5-4-9-13(14(22)25)21-11-3-2-8(17)6-10(11)15(9,7-12(23)24)16(18,19)20/h2-3,6,21H,4-5,7H2,1H3,(H,23,24). The quantitative estimate of drug-likeness (QED) is 0.834. The van der Waals surface area contributed by atoms with Gasteiger partial charge in [0.15, 0.2) is 0 Å². The number of likely N-dealkylation sites (N-methyl/N-ethyl adjacent to an activating group) is 1. The van der Waals surface area contributed by atoms with Crippen LogP contribution in [0.3, 0.4) is 0 Å². The van der Waals surface area contributed by atoms with Gasteiger partial charge in [-0.2, -0.15) is 13.2 Å². The number of carboxylic acids is 1. The summed E-state index contributed by atoms with van der Waals surface area (Å²) in [6.07, 6.45) is -6.20. The molecule has 2 aliphatic rings. The van der Waals surface area contributed by atoms with Crippen LogP contribution in [-0.2, 0) is 15.0 Å². The summed E-state index contributed by atoms with van der Waals surface area (Å²) in [6, 6.07) is 3.83. The lowest BCUT2D eigenvalue weighted by atomic mass is 9.66. The van der Waals surface area contributed by atoms with Crippen molar-refractivity contribution < 1.29 is 27.9 Å². The number of nitrogens with zero attached hydrogens (tertiary/aromatic N) is 1. The molecule has 1 aromatic rings. The fraction of sp³-hybridized carbons (Fsp3) is 0.375. The summed E-state index contributed by atoms with van der Waals surface area (Å²) >= 11 is 5.88. The van der Waals surface area contributed by atoms with Gasteiger partial charge in [-0.25, -0.2) is 0 Å².